The summed E-state index contributed by atoms with van der Waals surface area (Å²) in [7, 11) is 0. The zero-order chi connectivity index (χ0) is 11.5. The summed E-state index contributed by atoms with van der Waals surface area (Å²) in [6, 6.07) is 6.07. The molecule has 1 aromatic carbocycles. The van der Waals surface area contributed by atoms with Crippen molar-refractivity contribution in [3.05, 3.63) is 28.8 Å². The molecule has 0 radical (unpaired) electrons. The van der Waals surface area contributed by atoms with Gasteiger partial charge in [0, 0.05) is 28.1 Å². The van der Waals surface area contributed by atoms with Gasteiger partial charge in [-0.3, -0.25) is 0 Å². The third kappa shape index (κ3) is 2.81. The van der Waals surface area contributed by atoms with E-state index in [1.807, 2.05) is 30.0 Å². The molecule has 2 nitrogen and oxygen atoms in total. The molecule has 1 aliphatic heterocycles. The Labute approximate surface area is 110 Å². The summed E-state index contributed by atoms with van der Waals surface area (Å²) < 4.78 is 0. The van der Waals surface area contributed by atoms with Gasteiger partial charge in [0.05, 0.1) is 0 Å². The Morgan fingerprint density at radius 2 is 2.38 bits per heavy atom. The molecule has 3 N–H and O–H groups in total. The number of halogens is 1. The molecule has 1 unspecified atom stereocenters. The number of anilines is 1. The Bertz CT molecular complexity index is 403. The third-order valence-electron chi connectivity index (χ3n) is 2.54. The van der Waals surface area contributed by atoms with Crippen LogP contribution in [0.4, 0.5) is 5.69 Å². The van der Waals surface area contributed by atoms with E-state index in [4.69, 9.17) is 29.6 Å². The number of thiocarbonyl (C=S) groups is 1. The summed E-state index contributed by atoms with van der Waals surface area (Å²) in [6.07, 6.45) is 1.17. The van der Waals surface area contributed by atoms with Crippen LogP contribution in [0.25, 0.3) is 0 Å². The quantitative estimate of drug-likeness (QED) is 0.830. The highest BCUT2D eigenvalue weighted by Crippen LogP contribution is 2.26. The lowest BCUT2D eigenvalue weighted by Crippen LogP contribution is -2.21. The van der Waals surface area contributed by atoms with Crippen LogP contribution in [0.1, 0.15) is 12.0 Å². The van der Waals surface area contributed by atoms with E-state index in [1.165, 1.54) is 12.2 Å². The zero-order valence-electron chi connectivity index (χ0n) is 8.70. The van der Waals surface area contributed by atoms with Crippen LogP contribution < -0.4 is 11.1 Å². The molecule has 1 aliphatic rings. The molecule has 1 aromatic rings. The Balaban J connectivity index is 2.22. The predicted octanol–water partition coefficient (Wildman–Crippen LogP) is 2.89. The van der Waals surface area contributed by atoms with Crippen LogP contribution in [0.5, 0.6) is 0 Å². The largest absolute Gasteiger partial charge is 0.389 e. The van der Waals surface area contributed by atoms with Gasteiger partial charge in [0.2, 0.25) is 0 Å². The van der Waals surface area contributed by atoms with Gasteiger partial charge in [-0.1, -0.05) is 23.8 Å². The van der Waals surface area contributed by atoms with E-state index in [0.717, 1.165) is 17.0 Å². The van der Waals surface area contributed by atoms with Gasteiger partial charge in [0.15, 0.2) is 0 Å². The van der Waals surface area contributed by atoms with Crippen molar-refractivity contribution in [1.82, 2.24) is 0 Å². The third-order valence-corrected chi connectivity index (χ3v) is 4.15. The number of nitrogens with two attached hydrogens (primary N) is 1. The van der Waals surface area contributed by atoms with Crippen molar-refractivity contribution < 1.29 is 0 Å². The van der Waals surface area contributed by atoms with Gasteiger partial charge in [-0.15, -0.1) is 0 Å². The van der Waals surface area contributed by atoms with Crippen LogP contribution in [-0.2, 0) is 0 Å². The highest BCUT2D eigenvalue weighted by molar-refractivity contribution is 7.99. The lowest BCUT2D eigenvalue weighted by Gasteiger charge is -2.16. The van der Waals surface area contributed by atoms with E-state index in [1.54, 1.807) is 0 Å². The number of hydrogen-bond acceptors (Lipinski definition) is 3. The SMILES string of the molecule is NC(=S)c1ccc(Cl)cc1NC1CCSC1. The number of nitrogens with one attached hydrogen (secondary N) is 1. The summed E-state index contributed by atoms with van der Waals surface area (Å²) >= 11 is 13.0. The van der Waals surface area contributed by atoms with Crippen LogP contribution in [0.15, 0.2) is 18.2 Å². The normalized spacial score (nSPS) is 19.7. The van der Waals surface area contributed by atoms with Gasteiger partial charge < -0.3 is 11.1 Å². The van der Waals surface area contributed by atoms with Crippen LogP contribution in [0, 0.1) is 0 Å². The van der Waals surface area contributed by atoms with Crippen LogP contribution in [0.3, 0.4) is 0 Å². The molecular weight excluding hydrogens is 260 g/mol. The molecular formula is C11H13ClN2S2. The lowest BCUT2D eigenvalue weighted by molar-refractivity contribution is 0.813. The first kappa shape index (κ1) is 12.0. The molecule has 0 aromatic heterocycles. The Morgan fingerprint density at radius 3 is 3.00 bits per heavy atom. The standard InChI is InChI=1S/C11H13ClN2S2/c12-7-1-2-9(11(13)15)10(5-7)14-8-3-4-16-6-8/h1-2,5,8,14H,3-4,6H2,(H2,13,15). The van der Waals surface area contributed by atoms with Crippen molar-refractivity contribution >= 4 is 46.3 Å². The van der Waals surface area contributed by atoms with Crippen molar-refractivity contribution in [2.45, 2.75) is 12.5 Å². The topological polar surface area (TPSA) is 38.0 Å². The monoisotopic (exact) mass is 272 g/mol. The first-order valence-electron chi connectivity index (χ1n) is 5.10. The maximum Gasteiger partial charge on any atom is 0.106 e. The summed E-state index contributed by atoms with van der Waals surface area (Å²) in [4.78, 5) is 0.407. The molecule has 16 heavy (non-hydrogen) atoms. The van der Waals surface area contributed by atoms with Crippen molar-refractivity contribution in [1.29, 1.82) is 0 Å². The van der Waals surface area contributed by atoms with E-state index in [2.05, 4.69) is 5.32 Å². The number of benzene rings is 1. The van der Waals surface area contributed by atoms with Crippen molar-refractivity contribution in [3.63, 3.8) is 0 Å². The molecule has 1 fully saturated rings. The second-order valence-corrected chi connectivity index (χ2v) is 5.79. The molecule has 0 spiro atoms. The van der Waals surface area contributed by atoms with Crippen molar-refractivity contribution in [3.8, 4) is 0 Å². The first-order valence-corrected chi connectivity index (χ1v) is 7.04. The van der Waals surface area contributed by atoms with Crippen LogP contribution >= 0.6 is 35.6 Å². The fourth-order valence-electron chi connectivity index (χ4n) is 1.72. The average Bonchev–Trinajstić information content (AvgIpc) is 2.70. The van der Waals surface area contributed by atoms with E-state index in [9.17, 15) is 0 Å². The molecule has 0 saturated carbocycles. The molecule has 1 heterocycles. The van der Waals surface area contributed by atoms with Gasteiger partial charge in [-0.25, -0.2) is 0 Å². The van der Waals surface area contributed by atoms with Gasteiger partial charge in [-0.05, 0) is 30.4 Å². The maximum atomic E-state index is 5.98. The van der Waals surface area contributed by atoms with E-state index in [0.29, 0.717) is 16.1 Å². The molecule has 1 saturated heterocycles. The molecule has 86 valence electrons. The highest BCUT2D eigenvalue weighted by atomic mass is 35.5. The summed E-state index contributed by atoms with van der Waals surface area (Å²) in [5, 5.41) is 4.16. The summed E-state index contributed by atoms with van der Waals surface area (Å²) in [6.45, 7) is 0. The molecule has 0 bridgehead atoms. The second kappa shape index (κ2) is 5.25. The Hall–Kier alpha value is -0.450. The van der Waals surface area contributed by atoms with E-state index < -0.39 is 0 Å². The van der Waals surface area contributed by atoms with Gasteiger partial charge in [0.25, 0.3) is 0 Å². The minimum absolute atomic E-state index is 0.407. The van der Waals surface area contributed by atoms with E-state index in [-0.39, 0.29) is 0 Å². The van der Waals surface area contributed by atoms with Gasteiger partial charge >= 0.3 is 0 Å². The Kier molecular flexibility index (Phi) is 3.95. The first-order chi connectivity index (χ1) is 7.66. The number of hydrogen-bond donors (Lipinski definition) is 2. The molecule has 5 heteroatoms. The minimum atomic E-state index is 0.407. The second-order valence-electron chi connectivity index (χ2n) is 3.76. The average molecular weight is 273 g/mol. The molecule has 2 rings (SSSR count). The van der Waals surface area contributed by atoms with Gasteiger partial charge in [0.1, 0.15) is 4.99 Å². The summed E-state index contributed by atoms with van der Waals surface area (Å²) in [5.41, 5.74) is 7.51. The van der Waals surface area contributed by atoms with Crippen molar-refractivity contribution in [2.75, 3.05) is 16.8 Å². The molecule has 0 amide bonds. The van der Waals surface area contributed by atoms with E-state index >= 15 is 0 Å². The zero-order valence-corrected chi connectivity index (χ0v) is 11.1. The number of rotatable bonds is 3. The lowest BCUT2D eigenvalue weighted by atomic mass is 10.1. The highest BCUT2D eigenvalue weighted by Gasteiger charge is 2.17. The summed E-state index contributed by atoms with van der Waals surface area (Å²) in [5.74, 6) is 2.34. The van der Waals surface area contributed by atoms with Crippen molar-refractivity contribution in [2.24, 2.45) is 5.73 Å². The van der Waals surface area contributed by atoms with Crippen LogP contribution in [-0.4, -0.2) is 22.5 Å². The fourth-order valence-corrected chi connectivity index (χ4v) is 3.22. The predicted molar refractivity (Wildman–Crippen MR) is 76.7 cm³/mol. The minimum Gasteiger partial charge on any atom is -0.389 e. The van der Waals surface area contributed by atoms with Crippen LogP contribution in [0.2, 0.25) is 5.02 Å². The number of thioether (sulfide) groups is 1. The smallest absolute Gasteiger partial charge is 0.106 e. The van der Waals surface area contributed by atoms with Gasteiger partial charge in [-0.2, -0.15) is 11.8 Å². The maximum absolute atomic E-state index is 5.98. The fraction of sp³-hybridized carbons (Fsp3) is 0.364. The molecule has 1 atom stereocenters. The molecule has 0 aliphatic carbocycles. The Morgan fingerprint density at radius 1 is 1.56 bits per heavy atom.